The SMILES string of the molecule is CCC.CCCCNC(=O)c1ccc(-c2ccco2)s1. The quantitative estimate of drug-likeness (QED) is 0.792. The number of rotatable bonds is 5. The zero-order valence-corrected chi connectivity index (χ0v) is 13.3. The van der Waals surface area contributed by atoms with Gasteiger partial charge in [0.05, 0.1) is 16.0 Å². The molecule has 0 bridgehead atoms. The summed E-state index contributed by atoms with van der Waals surface area (Å²) in [6, 6.07) is 7.49. The van der Waals surface area contributed by atoms with Gasteiger partial charge in [-0.2, -0.15) is 0 Å². The zero-order chi connectivity index (χ0) is 14.8. The molecule has 0 unspecified atom stereocenters. The summed E-state index contributed by atoms with van der Waals surface area (Å²) in [5.74, 6) is 0.809. The maximum absolute atomic E-state index is 11.8. The molecule has 0 spiro atoms. The molecule has 0 aromatic carbocycles. The first-order chi connectivity index (χ1) is 9.72. The van der Waals surface area contributed by atoms with Gasteiger partial charge in [0, 0.05) is 6.54 Å². The molecule has 0 atom stereocenters. The molecule has 2 rings (SSSR count). The van der Waals surface area contributed by atoms with Gasteiger partial charge in [0.25, 0.3) is 5.91 Å². The highest BCUT2D eigenvalue weighted by molar-refractivity contribution is 7.17. The first-order valence-corrected chi connectivity index (χ1v) is 7.96. The minimum absolute atomic E-state index is 0.00116. The normalized spacial score (nSPS) is 9.75. The number of hydrogen-bond acceptors (Lipinski definition) is 3. The second-order valence-electron chi connectivity index (χ2n) is 4.46. The van der Waals surface area contributed by atoms with Crippen molar-refractivity contribution in [2.75, 3.05) is 6.54 Å². The maximum Gasteiger partial charge on any atom is 0.261 e. The van der Waals surface area contributed by atoms with Crippen LogP contribution in [0.5, 0.6) is 0 Å². The third kappa shape index (κ3) is 5.21. The number of carbonyl (C=O) groups excluding carboxylic acids is 1. The fraction of sp³-hybridized carbons (Fsp3) is 0.438. The average molecular weight is 293 g/mol. The van der Waals surface area contributed by atoms with Crippen LogP contribution in [0.1, 0.15) is 49.7 Å². The summed E-state index contributed by atoms with van der Waals surface area (Å²) in [4.78, 5) is 13.5. The molecule has 0 aliphatic heterocycles. The highest BCUT2D eigenvalue weighted by Gasteiger charge is 2.10. The van der Waals surface area contributed by atoms with Crippen LogP contribution in [0.25, 0.3) is 10.6 Å². The number of unbranched alkanes of at least 4 members (excludes halogenated alkanes) is 1. The molecule has 0 fully saturated rings. The zero-order valence-electron chi connectivity index (χ0n) is 12.4. The van der Waals surface area contributed by atoms with Gasteiger partial charge in [-0.25, -0.2) is 0 Å². The van der Waals surface area contributed by atoms with Crippen molar-refractivity contribution < 1.29 is 9.21 Å². The summed E-state index contributed by atoms with van der Waals surface area (Å²) in [6.45, 7) is 7.09. The van der Waals surface area contributed by atoms with Crippen LogP contribution < -0.4 is 5.32 Å². The maximum atomic E-state index is 11.8. The lowest BCUT2D eigenvalue weighted by molar-refractivity contribution is 0.0957. The van der Waals surface area contributed by atoms with E-state index in [1.165, 1.54) is 17.8 Å². The largest absolute Gasteiger partial charge is 0.464 e. The molecule has 0 radical (unpaired) electrons. The van der Waals surface area contributed by atoms with Crippen molar-refractivity contribution in [3.63, 3.8) is 0 Å². The third-order valence-corrected chi connectivity index (χ3v) is 3.51. The van der Waals surface area contributed by atoms with Crippen LogP contribution in [0, 0.1) is 0 Å². The van der Waals surface area contributed by atoms with E-state index in [4.69, 9.17) is 4.42 Å². The fourth-order valence-corrected chi connectivity index (χ4v) is 2.37. The van der Waals surface area contributed by atoms with E-state index < -0.39 is 0 Å². The lowest BCUT2D eigenvalue weighted by atomic mass is 10.3. The summed E-state index contributed by atoms with van der Waals surface area (Å²) < 4.78 is 5.29. The summed E-state index contributed by atoms with van der Waals surface area (Å²) >= 11 is 1.45. The van der Waals surface area contributed by atoms with E-state index in [1.807, 2.05) is 24.3 Å². The monoisotopic (exact) mass is 293 g/mol. The highest BCUT2D eigenvalue weighted by Crippen LogP contribution is 2.28. The van der Waals surface area contributed by atoms with Gasteiger partial charge >= 0.3 is 0 Å². The molecule has 2 aromatic rings. The van der Waals surface area contributed by atoms with E-state index in [2.05, 4.69) is 26.1 Å². The van der Waals surface area contributed by atoms with Gasteiger partial charge in [-0.1, -0.05) is 33.6 Å². The smallest absolute Gasteiger partial charge is 0.261 e. The van der Waals surface area contributed by atoms with Crippen LogP contribution in [0.3, 0.4) is 0 Å². The van der Waals surface area contributed by atoms with Gasteiger partial charge in [0.15, 0.2) is 0 Å². The molecule has 1 amide bonds. The number of hydrogen-bond donors (Lipinski definition) is 1. The van der Waals surface area contributed by atoms with Crippen molar-refractivity contribution in [2.24, 2.45) is 0 Å². The number of carbonyl (C=O) groups is 1. The molecule has 0 saturated carbocycles. The van der Waals surface area contributed by atoms with Crippen LogP contribution in [-0.2, 0) is 0 Å². The van der Waals surface area contributed by atoms with E-state index in [0.717, 1.165) is 34.9 Å². The van der Waals surface area contributed by atoms with Gasteiger partial charge in [-0.05, 0) is 30.7 Å². The van der Waals surface area contributed by atoms with E-state index >= 15 is 0 Å². The van der Waals surface area contributed by atoms with Crippen LogP contribution in [-0.4, -0.2) is 12.5 Å². The van der Waals surface area contributed by atoms with Gasteiger partial charge in [-0.3, -0.25) is 4.79 Å². The molecule has 0 saturated heterocycles. The first kappa shape index (κ1) is 16.5. The van der Waals surface area contributed by atoms with E-state index in [-0.39, 0.29) is 5.91 Å². The molecule has 0 aliphatic carbocycles. The Morgan fingerprint density at radius 3 is 2.60 bits per heavy atom. The van der Waals surface area contributed by atoms with Gasteiger partial charge in [0.2, 0.25) is 0 Å². The minimum atomic E-state index is 0.00116. The Kier molecular flexibility index (Phi) is 7.73. The van der Waals surface area contributed by atoms with Crippen molar-refractivity contribution in [1.82, 2.24) is 5.32 Å². The van der Waals surface area contributed by atoms with Crippen molar-refractivity contribution in [1.29, 1.82) is 0 Å². The first-order valence-electron chi connectivity index (χ1n) is 7.14. The standard InChI is InChI=1S/C13H15NO2S.C3H8/c1-2-3-8-14-13(15)12-7-6-11(17-12)10-5-4-9-16-10;1-3-2/h4-7,9H,2-3,8H2,1H3,(H,14,15);3H2,1-2H3. The number of nitrogens with one attached hydrogen (secondary N) is 1. The Balaban J connectivity index is 0.000000612. The average Bonchev–Trinajstić information content (AvgIpc) is 3.11. The third-order valence-electron chi connectivity index (χ3n) is 2.41. The number of thiophene rings is 1. The second-order valence-corrected chi connectivity index (χ2v) is 5.54. The molecule has 3 nitrogen and oxygen atoms in total. The molecule has 2 heterocycles. The van der Waals surface area contributed by atoms with Crippen LogP contribution >= 0.6 is 11.3 Å². The molecule has 1 N–H and O–H groups in total. The Morgan fingerprint density at radius 1 is 1.25 bits per heavy atom. The summed E-state index contributed by atoms with van der Waals surface area (Å²) in [6.07, 6.45) is 4.99. The predicted molar refractivity (Wildman–Crippen MR) is 85.2 cm³/mol. The molecule has 20 heavy (non-hydrogen) atoms. The molecular weight excluding hydrogens is 270 g/mol. The Bertz CT molecular complexity index is 488. The predicted octanol–water partition coefficient (Wildman–Crippen LogP) is 4.95. The molecule has 4 heteroatoms. The summed E-state index contributed by atoms with van der Waals surface area (Å²) in [5, 5.41) is 2.90. The number of furan rings is 1. The topological polar surface area (TPSA) is 42.2 Å². The Hall–Kier alpha value is -1.55. The lowest BCUT2D eigenvalue weighted by Crippen LogP contribution is -2.23. The van der Waals surface area contributed by atoms with Gasteiger partial charge < -0.3 is 9.73 Å². The summed E-state index contributed by atoms with van der Waals surface area (Å²) in [5.41, 5.74) is 0. The summed E-state index contributed by atoms with van der Waals surface area (Å²) in [7, 11) is 0. The second kappa shape index (κ2) is 9.37. The minimum Gasteiger partial charge on any atom is -0.464 e. The van der Waals surface area contributed by atoms with Gasteiger partial charge in [-0.15, -0.1) is 11.3 Å². The lowest BCUT2D eigenvalue weighted by Gasteiger charge is -2.00. The molecular formula is C16H23NO2S. The van der Waals surface area contributed by atoms with E-state index in [0.29, 0.717) is 0 Å². The van der Waals surface area contributed by atoms with Crippen molar-refractivity contribution in [3.8, 4) is 10.6 Å². The van der Waals surface area contributed by atoms with Crippen molar-refractivity contribution in [2.45, 2.75) is 40.0 Å². The van der Waals surface area contributed by atoms with Crippen molar-refractivity contribution in [3.05, 3.63) is 35.4 Å². The Morgan fingerprint density at radius 2 is 2.00 bits per heavy atom. The van der Waals surface area contributed by atoms with Gasteiger partial charge in [0.1, 0.15) is 5.76 Å². The fourth-order valence-electron chi connectivity index (χ4n) is 1.48. The molecule has 0 aliphatic rings. The Labute approximate surface area is 125 Å². The van der Waals surface area contributed by atoms with Crippen molar-refractivity contribution >= 4 is 17.2 Å². The van der Waals surface area contributed by atoms with Crippen LogP contribution in [0.15, 0.2) is 34.9 Å². The van der Waals surface area contributed by atoms with E-state index in [1.54, 1.807) is 6.26 Å². The van der Waals surface area contributed by atoms with E-state index in [9.17, 15) is 4.79 Å². The van der Waals surface area contributed by atoms with Crippen LogP contribution in [0.2, 0.25) is 0 Å². The highest BCUT2D eigenvalue weighted by atomic mass is 32.1. The molecule has 2 aromatic heterocycles. The number of amides is 1. The molecule has 110 valence electrons. The van der Waals surface area contributed by atoms with Crippen LogP contribution in [0.4, 0.5) is 0 Å².